The maximum Gasteiger partial charge on any atom is 0.260 e. The Morgan fingerprint density at radius 1 is 1.33 bits per heavy atom. The monoisotopic (exact) mass is 402 g/mol. The summed E-state index contributed by atoms with van der Waals surface area (Å²) in [6.07, 6.45) is 1.69. The number of hydrogen-bond donors (Lipinski definition) is 1. The number of aryl methyl sites for hydroxylation is 2. The number of rotatable bonds is 5. The van der Waals surface area contributed by atoms with Crippen LogP contribution in [0, 0.1) is 13.8 Å². The molecule has 0 bridgehead atoms. The summed E-state index contributed by atoms with van der Waals surface area (Å²) in [6.45, 7) is 10.1. The number of nitrogens with one attached hydrogen (secondary N) is 1. The predicted molar refractivity (Wildman–Crippen MR) is 109 cm³/mol. The SMILES string of the molecule is Cc1noc(C)c1CSc1ncccc1C(=O)Nc1nc(C(C)(C)C)cs1. The zero-order chi connectivity index (χ0) is 19.6. The van der Waals surface area contributed by atoms with E-state index in [1.165, 1.54) is 23.1 Å². The van der Waals surface area contributed by atoms with Crippen molar-refractivity contribution in [3.05, 3.63) is 52.0 Å². The van der Waals surface area contributed by atoms with Gasteiger partial charge in [-0.2, -0.15) is 0 Å². The van der Waals surface area contributed by atoms with Crippen molar-refractivity contribution in [3.8, 4) is 0 Å². The minimum absolute atomic E-state index is 0.0524. The van der Waals surface area contributed by atoms with Gasteiger partial charge in [0.2, 0.25) is 0 Å². The second-order valence-corrected chi connectivity index (χ2v) is 9.01. The normalized spacial score (nSPS) is 11.6. The minimum atomic E-state index is -0.209. The third kappa shape index (κ3) is 4.56. The molecule has 1 amide bonds. The van der Waals surface area contributed by atoms with Gasteiger partial charge in [-0.3, -0.25) is 10.1 Å². The van der Waals surface area contributed by atoms with Crippen molar-refractivity contribution in [2.24, 2.45) is 0 Å². The Labute approximate surface area is 166 Å². The number of hydrogen-bond acceptors (Lipinski definition) is 7. The molecule has 0 radical (unpaired) electrons. The number of thiazole rings is 1. The molecule has 0 atom stereocenters. The zero-order valence-electron chi connectivity index (χ0n) is 16.0. The van der Waals surface area contributed by atoms with Crippen LogP contribution in [-0.4, -0.2) is 21.0 Å². The lowest BCUT2D eigenvalue weighted by Gasteiger charge is -2.14. The standard InChI is InChI=1S/C19H22N4O2S2/c1-11-14(12(2)25-23-11)9-26-17-13(7-6-8-20-17)16(24)22-18-21-15(10-27-18)19(3,4)5/h6-8,10H,9H2,1-5H3,(H,21,22,24). The number of amides is 1. The summed E-state index contributed by atoms with van der Waals surface area (Å²) in [6, 6.07) is 3.54. The zero-order valence-corrected chi connectivity index (χ0v) is 17.6. The number of carbonyl (C=O) groups is 1. The van der Waals surface area contributed by atoms with E-state index in [1.54, 1.807) is 18.3 Å². The molecule has 0 saturated heterocycles. The smallest absolute Gasteiger partial charge is 0.260 e. The van der Waals surface area contributed by atoms with Crippen LogP contribution < -0.4 is 5.32 Å². The third-order valence-electron chi connectivity index (χ3n) is 4.04. The first-order valence-electron chi connectivity index (χ1n) is 8.52. The average Bonchev–Trinajstić information content (AvgIpc) is 3.20. The van der Waals surface area contributed by atoms with E-state index in [9.17, 15) is 4.79 Å². The van der Waals surface area contributed by atoms with Crippen LogP contribution in [0.1, 0.15) is 53.8 Å². The number of nitrogens with zero attached hydrogens (tertiary/aromatic N) is 3. The van der Waals surface area contributed by atoms with Crippen molar-refractivity contribution in [2.45, 2.75) is 50.8 Å². The molecule has 0 spiro atoms. The van der Waals surface area contributed by atoms with Gasteiger partial charge in [0.25, 0.3) is 5.91 Å². The molecule has 27 heavy (non-hydrogen) atoms. The van der Waals surface area contributed by atoms with Gasteiger partial charge in [-0.05, 0) is 26.0 Å². The topological polar surface area (TPSA) is 80.9 Å². The van der Waals surface area contributed by atoms with E-state index in [0.717, 1.165) is 22.7 Å². The van der Waals surface area contributed by atoms with Gasteiger partial charge < -0.3 is 4.52 Å². The average molecular weight is 403 g/mol. The van der Waals surface area contributed by atoms with Crippen molar-refractivity contribution in [2.75, 3.05) is 5.32 Å². The van der Waals surface area contributed by atoms with Crippen LogP contribution in [-0.2, 0) is 11.2 Å². The summed E-state index contributed by atoms with van der Waals surface area (Å²) in [7, 11) is 0. The fourth-order valence-corrected chi connectivity index (χ4v) is 4.44. The summed E-state index contributed by atoms with van der Waals surface area (Å²) in [5.41, 5.74) is 3.33. The number of aromatic nitrogens is 3. The van der Waals surface area contributed by atoms with Crippen molar-refractivity contribution in [3.63, 3.8) is 0 Å². The van der Waals surface area contributed by atoms with E-state index in [1.807, 2.05) is 19.2 Å². The lowest BCUT2D eigenvalue weighted by atomic mass is 9.93. The highest BCUT2D eigenvalue weighted by atomic mass is 32.2. The second kappa shape index (κ2) is 7.82. The van der Waals surface area contributed by atoms with Crippen molar-refractivity contribution in [1.29, 1.82) is 0 Å². The molecule has 3 aromatic rings. The lowest BCUT2D eigenvalue weighted by molar-refractivity contribution is 0.102. The highest BCUT2D eigenvalue weighted by Crippen LogP contribution is 2.29. The van der Waals surface area contributed by atoms with Gasteiger partial charge in [0.15, 0.2) is 5.13 Å². The van der Waals surface area contributed by atoms with Crippen LogP contribution in [0.4, 0.5) is 5.13 Å². The Hall–Kier alpha value is -2.19. The van der Waals surface area contributed by atoms with E-state index in [-0.39, 0.29) is 11.3 Å². The van der Waals surface area contributed by atoms with Crippen LogP contribution in [0.15, 0.2) is 33.3 Å². The third-order valence-corrected chi connectivity index (χ3v) is 5.83. The van der Waals surface area contributed by atoms with Gasteiger partial charge in [-0.15, -0.1) is 23.1 Å². The number of pyridine rings is 1. The van der Waals surface area contributed by atoms with Gasteiger partial charge in [0.05, 0.1) is 17.0 Å². The maximum absolute atomic E-state index is 12.8. The van der Waals surface area contributed by atoms with Crippen molar-refractivity contribution < 1.29 is 9.32 Å². The van der Waals surface area contributed by atoms with Crippen LogP contribution in [0.2, 0.25) is 0 Å². The molecule has 0 aliphatic heterocycles. The van der Waals surface area contributed by atoms with Gasteiger partial charge in [0, 0.05) is 28.3 Å². The molecule has 8 heteroatoms. The Morgan fingerprint density at radius 2 is 2.11 bits per heavy atom. The first-order chi connectivity index (χ1) is 12.8. The Kier molecular flexibility index (Phi) is 5.67. The van der Waals surface area contributed by atoms with Gasteiger partial charge in [-0.1, -0.05) is 25.9 Å². The predicted octanol–water partition coefficient (Wildman–Crippen LogP) is 4.99. The molecular weight excluding hydrogens is 380 g/mol. The number of anilines is 1. The molecule has 3 aromatic heterocycles. The van der Waals surface area contributed by atoms with Crippen LogP contribution >= 0.6 is 23.1 Å². The molecule has 0 unspecified atom stereocenters. The quantitative estimate of drug-likeness (QED) is 0.606. The molecular formula is C19H22N4O2S2. The molecule has 3 heterocycles. The van der Waals surface area contributed by atoms with Crippen LogP contribution in [0.25, 0.3) is 0 Å². The highest BCUT2D eigenvalue weighted by Gasteiger charge is 2.20. The first-order valence-corrected chi connectivity index (χ1v) is 10.4. The Bertz CT molecular complexity index is 937. The maximum atomic E-state index is 12.8. The molecule has 142 valence electrons. The summed E-state index contributed by atoms with van der Waals surface area (Å²) in [4.78, 5) is 21.7. The van der Waals surface area contributed by atoms with E-state index >= 15 is 0 Å². The van der Waals surface area contributed by atoms with Gasteiger partial charge in [0.1, 0.15) is 10.8 Å². The number of carbonyl (C=O) groups excluding carboxylic acids is 1. The fourth-order valence-electron chi connectivity index (χ4n) is 2.37. The van der Waals surface area contributed by atoms with E-state index in [2.05, 4.69) is 41.2 Å². The largest absolute Gasteiger partial charge is 0.361 e. The Balaban J connectivity index is 1.75. The number of thioether (sulfide) groups is 1. The second-order valence-electron chi connectivity index (χ2n) is 7.19. The summed E-state index contributed by atoms with van der Waals surface area (Å²) in [5, 5.41) is 10.1. The van der Waals surface area contributed by atoms with Crippen molar-refractivity contribution in [1.82, 2.24) is 15.1 Å². The van der Waals surface area contributed by atoms with E-state index in [0.29, 0.717) is 21.5 Å². The molecule has 0 fully saturated rings. The van der Waals surface area contributed by atoms with E-state index in [4.69, 9.17) is 4.52 Å². The molecule has 0 aliphatic carbocycles. The van der Waals surface area contributed by atoms with E-state index < -0.39 is 0 Å². The molecule has 1 N–H and O–H groups in total. The molecule has 3 rings (SSSR count). The molecule has 6 nitrogen and oxygen atoms in total. The highest BCUT2D eigenvalue weighted by molar-refractivity contribution is 7.98. The van der Waals surface area contributed by atoms with Gasteiger partial charge in [-0.25, -0.2) is 9.97 Å². The lowest BCUT2D eigenvalue weighted by Crippen LogP contribution is -2.15. The van der Waals surface area contributed by atoms with Crippen LogP contribution in [0.3, 0.4) is 0 Å². The summed E-state index contributed by atoms with van der Waals surface area (Å²) < 4.78 is 5.20. The van der Waals surface area contributed by atoms with Gasteiger partial charge >= 0.3 is 0 Å². The molecule has 0 saturated carbocycles. The fraction of sp³-hybridized carbons (Fsp3) is 0.368. The van der Waals surface area contributed by atoms with Crippen molar-refractivity contribution >= 4 is 34.1 Å². The molecule has 0 aliphatic rings. The summed E-state index contributed by atoms with van der Waals surface area (Å²) >= 11 is 2.92. The van der Waals surface area contributed by atoms with Crippen LogP contribution in [0.5, 0.6) is 0 Å². The molecule has 0 aromatic carbocycles. The minimum Gasteiger partial charge on any atom is -0.361 e. The Morgan fingerprint density at radius 3 is 2.74 bits per heavy atom. The first kappa shape index (κ1) is 19.6. The summed E-state index contributed by atoms with van der Waals surface area (Å²) in [5.74, 6) is 1.22.